The fourth-order valence-electron chi connectivity index (χ4n) is 8.82. The van der Waals surface area contributed by atoms with Crippen molar-refractivity contribution in [3.8, 4) is 27.9 Å². The van der Waals surface area contributed by atoms with Gasteiger partial charge in [0.2, 0.25) is 0 Å². The van der Waals surface area contributed by atoms with Gasteiger partial charge >= 0.3 is 0 Å². The van der Waals surface area contributed by atoms with E-state index in [9.17, 15) is 0 Å². The van der Waals surface area contributed by atoms with Crippen molar-refractivity contribution in [1.82, 2.24) is 4.57 Å². The van der Waals surface area contributed by atoms with Crippen molar-refractivity contribution in [3.63, 3.8) is 0 Å². The number of hydrogen-bond acceptors (Lipinski definition) is 3. The maximum Gasteiger partial charge on any atom is 0.0547 e. The van der Waals surface area contributed by atoms with Crippen LogP contribution in [0.4, 0.5) is 17.1 Å². The monoisotopic (exact) mass is 774 g/mol. The molecule has 0 aliphatic rings. The van der Waals surface area contributed by atoms with Gasteiger partial charge in [-0.05, 0) is 101 Å². The molecule has 9 aromatic carbocycles. The van der Waals surface area contributed by atoms with Crippen molar-refractivity contribution < 1.29 is 0 Å². The first-order valence-corrected chi connectivity index (χ1v) is 21.3. The Morgan fingerprint density at radius 3 is 1.40 bits per heavy atom. The topological polar surface area (TPSA) is 8.17 Å². The van der Waals surface area contributed by atoms with Crippen LogP contribution < -0.4 is 4.90 Å². The van der Waals surface area contributed by atoms with Crippen molar-refractivity contribution >= 4 is 102 Å². The first-order chi connectivity index (χ1) is 28.7. The highest BCUT2D eigenvalue weighted by Crippen LogP contribution is 2.43. The van der Waals surface area contributed by atoms with Gasteiger partial charge in [0.1, 0.15) is 0 Å². The lowest BCUT2D eigenvalue weighted by atomic mass is 10.0. The number of aromatic nitrogens is 1. The van der Waals surface area contributed by atoms with Crippen LogP contribution in [-0.2, 0) is 0 Å². The molecule has 0 atom stereocenters. The summed E-state index contributed by atoms with van der Waals surface area (Å²) in [6.45, 7) is 0. The Morgan fingerprint density at radius 1 is 0.293 bits per heavy atom. The van der Waals surface area contributed by atoms with Gasteiger partial charge in [0.15, 0.2) is 0 Å². The molecule has 3 aromatic heterocycles. The van der Waals surface area contributed by atoms with E-state index in [1.54, 1.807) is 0 Å². The van der Waals surface area contributed by atoms with Gasteiger partial charge in [-0.1, -0.05) is 127 Å². The van der Waals surface area contributed by atoms with Crippen LogP contribution >= 0.6 is 22.7 Å². The largest absolute Gasteiger partial charge is 0.310 e. The van der Waals surface area contributed by atoms with E-state index < -0.39 is 0 Å². The summed E-state index contributed by atoms with van der Waals surface area (Å²) in [6, 6.07) is 75.7. The number of para-hydroxylation sites is 2. The third-order valence-electron chi connectivity index (χ3n) is 11.6. The van der Waals surface area contributed by atoms with Crippen molar-refractivity contribution in [2.24, 2.45) is 0 Å². The van der Waals surface area contributed by atoms with E-state index in [1.807, 2.05) is 22.7 Å². The lowest BCUT2D eigenvalue weighted by Gasteiger charge is -2.26. The molecular formula is C54H34N2S2. The minimum atomic E-state index is 1.11. The minimum absolute atomic E-state index is 1.11. The minimum Gasteiger partial charge on any atom is -0.310 e. The summed E-state index contributed by atoms with van der Waals surface area (Å²) in [6.07, 6.45) is 0. The van der Waals surface area contributed by atoms with Gasteiger partial charge in [-0.2, -0.15) is 0 Å². The second-order valence-corrected chi connectivity index (χ2v) is 17.1. The molecule has 0 unspecified atom stereocenters. The van der Waals surface area contributed by atoms with Crippen LogP contribution in [0.15, 0.2) is 206 Å². The molecule has 2 nitrogen and oxygen atoms in total. The van der Waals surface area contributed by atoms with E-state index >= 15 is 0 Å². The van der Waals surface area contributed by atoms with Crippen LogP contribution in [0.25, 0.3) is 90.1 Å². The van der Waals surface area contributed by atoms with Crippen molar-refractivity contribution in [3.05, 3.63) is 206 Å². The SMILES string of the molecule is c1ccc(-n2c3ccccc3c3ccc(-c4ccc(N(c5ccc(-c6ccc7c(c6)sc6ccccc67)cc5)c5ccc6c(c5)sc5ccccc56)cc4)cc32)cc1. The molecule has 0 spiro atoms. The highest BCUT2D eigenvalue weighted by Gasteiger charge is 2.17. The van der Waals surface area contributed by atoms with Crippen LogP contribution in [0.2, 0.25) is 0 Å². The lowest BCUT2D eigenvalue weighted by Crippen LogP contribution is -2.09. The zero-order valence-corrected chi connectivity index (χ0v) is 33.0. The molecule has 0 saturated carbocycles. The van der Waals surface area contributed by atoms with E-state index in [0.29, 0.717) is 0 Å². The first kappa shape index (κ1) is 33.2. The number of nitrogens with zero attached hydrogens (tertiary/aromatic N) is 2. The highest BCUT2D eigenvalue weighted by atomic mass is 32.1. The Kier molecular flexibility index (Phi) is 7.62. The average molecular weight is 775 g/mol. The molecule has 3 heterocycles. The number of fused-ring (bicyclic) bond motifs is 9. The van der Waals surface area contributed by atoms with Gasteiger partial charge in [-0.15, -0.1) is 22.7 Å². The summed E-state index contributed by atoms with van der Waals surface area (Å²) in [4.78, 5) is 2.39. The second-order valence-electron chi connectivity index (χ2n) is 14.9. The molecule has 0 bridgehead atoms. The molecule has 0 amide bonds. The maximum atomic E-state index is 2.39. The molecule has 0 N–H and O–H groups in total. The first-order valence-electron chi connectivity index (χ1n) is 19.7. The lowest BCUT2D eigenvalue weighted by molar-refractivity contribution is 1.18. The number of hydrogen-bond donors (Lipinski definition) is 0. The van der Waals surface area contributed by atoms with Gasteiger partial charge in [-0.3, -0.25) is 0 Å². The number of anilines is 3. The quantitative estimate of drug-likeness (QED) is 0.163. The van der Waals surface area contributed by atoms with Crippen LogP contribution in [0.1, 0.15) is 0 Å². The van der Waals surface area contributed by atoms with E-state index in [-0.39, 0.29) is 0 Å². The van der Waals surface area contributed by atoms with Gasteiger partial charge in [0, 0.05) is 73.9 Å². The van der Waals surface area contributed by atoms with E-state index in [4.69, 9.17) is 0 Å². The smallest absolute Gasteiger partial charge is 0.0547 e. The standard InChI is InChI=1S/C54H34N2S2/c1-2-10-39(11-3-1)56-49-15-7-4-12-43(49)44-29-22-37(32-50(44)56)35-18-24-40(25-19-35)55(42-28-31-48-46-14-6-9-17-52(46)58-54(48)34-42)41-26-20-36(21-27-41)38-23-30-47-45-13-5-8-16-51(45)57-53(47)33-38/h1-34H. The number of benzene rings is 9. The Labute approximate surface area is 343 Å². The van der Waals surface area contributed by atoms with Crippen molar-refractivity contribution in [2.75, 3.05) is 4.90 Å². The van der Waals surface area contributed by atoms with Crippen molar-refractivity contribution in [2.45, 2.75) is 0 Å². The fourth-order valence-corrected chi connectivity index (χ4v) is 11.1. The zero-order chi connectivity index (χ0) is 38.2. The summed E-state index contributed by atoms with van der Waals surface area (Å²) in [5, 5.41) is 7.79. The van der Waals surface area contributed by atoms with Crippen LogP contribution in [0.5, 0.6) is 0 Å². The normalized spacial score (nSPS) is 11.8. The maximum absolute atomic E-state index is 2.39. The molecule has 0 fully saturated rings. The van der Waals surface area contributed by atoms with Crippen LogP contribution in [-0.4, -0.2) is 4.57 Å². The average Bonchev–Trinajstić information content (AvgIpc) is 3.96. The molecular weight excluding hydrogens is 741 g/mol. The number of thiophene rings is 2. The third kappa shape index (κ3) is 5.37. The van der Waals surface area contributed by atoms with Crippen molar-refractivity contribution in [1.29, 1.82) is 0 Å². The van der Waals surface area contributed by atoms with Crippen LogP contribution in [0.3, 0.4) is 0 Å². The van der Waals surface area contributed by atoms with Gasteiger partial charge in [0.25, 0.3) is 0 Å². The molecule has 12 aromatic rings. The molecule has 12 rings (SSSR count). The Bertz CT molecular complexity index is 3500. The van der Waals surface area contributed by atoms with E-state index in [0.717, 1.165) is 17.1 Å². The highest BCUT2D eigenvalue weighted by molar-refractivity contribution is 7.26. The number of rotatable bonds is 6. The summed E-state index contributed by atoms with van der Waals surface area (Å²) in [7, 11) is 0. The predicted octanol–water partition coefficient (Wildman–Crippen LogP) is 16.3. The Balaban J connectivity index is 0.952. The molecule has 0 radical (unpaired) electrons. The van der Waals surface area contributed by atoms with E-state index in [2.05, 4.69) is 216 Å². The summed E-state index contributed by atoms with van der Waals surface area (Å²) in [5.74, 6) is 0. The van der Waals surface area contributed by atoms with Gasteiger partial charge in [-0.25, -0.2) is 0 Å². The molecule has 4 heteroatoms. The molecule has 0 aliphatic carbocycles. The second kappa shape index (κ2) is 13.3. The molecule has 0 saturated heterocycles. The summed E-state index contributed by atoms with van der Waals surface area (Å²) >= 11 is 3.73. The molecule has 0 aliphatic heterocycles. The van der Waals surface area contributed by atoms with Gasteiger partial charge < -0.3 is 9.47 Å². The third-order valence-corrected chi connectivity index (χ3v) is 13.9. The zero-order valence-electron chi connectivity index (χ0n) is 31.3. The summed E-state index contributed by atoms with van der Waals surface area (Å²) < 4.78 is 7.64. The fraction of sp³-hybridized carbons (Fsp3) is 0. The summed E-state index contributed by atoms with van der Waals surface area (Å²) in [5.41, 5.74) is 11.8. The molecule has 272 valence electrons. The molecule has 58 heavy (non-hydrogen) atoms. The Morgan fingerprint density at radius 2 is 0.741 bits per heavy atom. The van der Waals surface area contributed by atoms with E-state index in [1.165, 1.54) is 90.1 Å². The predicted molar refractivity (Wildman–Crippen MR) is 252 cm³/mol. The van der Waals surface area contributed by atoms with Gasteiger partial charge in [0.05, 0.1) is 11.0 Å². The van der Waals surface area contributed by atoms with Crippen LogP contribution in [0, 0.1) is 0 Å². The Hall–Kier alpha value is -6.98.